The third-order valence-corrected chi connectivity index (χ3v) is 6.71. The van der Waals surface area contributed by atoms with E-state index in [-0.39, 0.29) is 11.4 Å². The zero-order chi connectivity index (χ0) is 21.8. The van der Waals surface area contributed by atoms with Crippen molar-refractivity contribution in [2.45, 2.75) is 10.9 Å². The Morgan fingerprint density at radius 2 is 1.90 bits per heavy atom. The van der Waals surface area contributed by atoms with Crippen molar-refractivity contribution in [2.24, 2.45) is 0 Å². The van der Waals surface area contributed by atoms with Crippen molar-refractivity contribution < 1.29 is 13.2 Å². The molecule has 2 aromatic heterocycles. The van der Waals surface area contributed by atoms with E-state index in [4.69, 9.17) is 0 Å². The number of fused-ring (bicyclic) bond motifs is 1. The van der Waals surface area contributed by atoms with Crippen molar-refractivity contribution in [1.29, 1.82) is 0 Å². The number of nitrogens with one attached hydrogen (secondary N) is 2. The van der Waals surface area contributed by atoms with Gasteiger partial charge in [0.05, 0.1) is 29.9 Å². The van der Waals surface area contributed by atoms with Crippen LogP contribution in [0.25, 0.3) is 11.0 Å². The molecule has 0 aliphatic rings. The fraction of sp³-hybridized carbons (Fsp3) is 0.136. The van der Waals surface area contributed by atoms with Gasteiger partial charge >= 0.3 is 0 Å². The van der Waals surface area contributed by atoms with E-state index in [0.29, 0.717) is 0 Å². The lowest BCUT2D eigenvalue weighted by atomic mass is 9.98. The molecule has 0 saturated heterocycles. The maximum Gasteiger partial charge on any atom is 0.244 e. The van der Waals surface area contributed by atoms with Crippen molar-refractivity contribution in [3.8, 4) is 0 Å². The van der Waals surface area contributed by atoms with Gasteiger partial charge in [0.1, 0.15) is 4.90 Å². The standard InChI is InChI=1S/C22H21N5O3S/c1-27(31(29,30)18-8-5-11-23-13-18)14-21(28)26-22(16-6-3-2-4-7-16)17-9-10-19-20(12-17)25-15-24-19/h2-13,15,22H,14H2,1H3,(H,24,25)(H,26,28). The molecule has 0 bridgehead atoms. The van der Waals surface area contributed by atoms with E-state index in [1.165, 1.54) is 31.6 Å². The summed E-state index contributed by atoms with van der Waals surface area (Å²) >= 11 is 0. The molecule has 9 heteroatoms. The summed E-state index contributed by atoms with van der Waals surface area (Å²) in [5, 5.41) is 2.97. The molecule has 0 aliphatic carbocycles. The number of aromatic amines is 1. The van der Waals surface area contributed by atoms with Gasteiger partial charge in [0, 0.05) is 19.4 Å². The predicted octanol–water partition coefficient (Wildman–Crippen LogP) is 2.48. The fourth-order valence-corrected chi connectivity index (χ4v) is 4.40. The molecular formula is C22H21N5O3S. The Labute approximate surface area is 180 Å². The molecule has 31 heavy (non-hydrogen) atoms. The van der Waals surface area contributed by atoms with Crippen LogP contribution < -0.4 is 5.32 Å². The summed E-state index contributed by atoms with van der Waals surface area (Å²) in [4.78, 5) is 24.0. The third kappa shape index (κ3) is 4.47. The molecule has 158 valence electrons. The Morgan fingerprint density at radius 3 is 2.65 bits per heavy atom. The van der Waals surface area contributed by atoms with Gasteiger partial charge in [-0.05, 0) is 35.4 Å². The molecule has 1 atom stereocenters. The second kappa shape index (κ2) is 8.66. The Kier molecular flexibility index (Phi) is 5.79. The van der Waals surface area contributed by atoms with E-state index in [1.54, 1.807) is 6.33 Å². The number of benzene rings is 2. The topological polar surface area (TPSA) is 108 Å². The van der Waals surface area contributed by atoms with E-state index < -0.39 is 22.0 Å². The van der Waals surface area contributed by atoms with Gasteiger partial charge in [-0.2, -0.15) is 4.31 Å². The molecule has 8 nitrogen and oxygen atoms in total. The second-order valence-corrected chi connectivity index (χ2v) is 9.09. The number of hydrogen-bond donors (Lipinski definition) is 2. The summed E-state index contributed by atoms with van der Waals surface area (Å²) < 4.78 is 26.4. The summed E-state index contributed by atoms with van der Waals surface area (Å²) in [5.74, 6) is -0.423. The molecule has 2 heterocycles. The first-order chi connectivity index (χ1) is 14.9. The van der Waals surface area contributed by atoms with Crippen molar-refractivity contribution >= 4 is 27.0 Å². The number of hydrogen-bond acceptors (Lipinski definition) is 5. The Balaban J connectivity index is 1.57. The Morgan fingerprint density at radius 1 is 1.10 bits per heavy atom. The van der Waals surface area contributed by atoms with Gasteiger partial charge in [-0.25, -0.2) is 13.4 Å². The zero-order valence-electron chi connectivity index (χ0n) is 16.8. The predicted molar refractivity (Wildman–Crippen MR) is 117 cm³/mol. The molecule has 0 fully saturated rings. The van der Waals surface area contributed by atoms with E-state index in [2.05, 4.69) is 20.3 Å². The lowest BCUT2D eigenvalue weighted by Gasteiger charge is -2.22. The molecule has 0 radical (unpaired) electrons. The van der Waals surface area contributed by atoms with Crippen LogP contribution in [0, 0.1) is 0 Å². The van der Waals surface area contributed by atoms with Gasteiger partial charge in [0.25, 0.3) is 0 Å². The summed E-state index contributed by atoms with van der Waals surface area (Å²) in [6, 6.07) is 17.8. The minimum absolute atomic E-state index is 0.0367. The number of carbonyl (C=O) groups excluding carboxylic acids is 1. The van der Waals surface area contributed by atoms with Crippen LogP contribution in [-0.2, 0) is 14.8 Å². The molecular weight excluding hydrogens is 414 g/mol. The van der Waals surface area contributed by atoms with E-state index in [1.807, 2.05) is 48.5 Å². The summed E-state index contributed by atoms with van der Waals surface area (Å²) in [5.41, 5.74) is 3.41. The van der Waals surface area contributed by atoms with E-state index in [9.17, 15) is 13.2 Å². The molecule has 0 aliphatic heterocycles. The first-order valence-electron chi connectivity index (χ1n) is 9.59. The van der Waals surface area contributed by atoms with Crippen molar-refractivity contribution in [2.75, 3.05) is 13.6 Å². The van der Waals surface area contributed by atoms with Crippen LogP contribution in [0.15, 0.2) is 84.3 Å². The monoisotopic (exact) mass is 435 g/mol. The zero-order valence-corrected chi connectivity index (χ0v) is 17.6. The summed E-state index contributed by atoms with van der Waals surface area (Å²) in [7, 11) is -2.45. The number of likely N-dealkylation sites (N-methyl/N-ethyl adjacent to an activating group) is 1. The molecule has 4 rings (SSSR count). The normalized spacial score (nSPS) is 12.7. The van der Waals surface area contributed by atoms with Gasteiger partial charge in [-0.15, -0.1) is 0 Å². The average molecular weight is 436 g/mol. The highest BCUT2D eigenvalue weighted by atomic mass is 32.2. The summed E-state index contributed by atoms with van der Waals surface area (Å²) in [6.45, 7) is -0.327. The van der Waals surface area contributed by atoms with E-state index >= 15 is 0 Å². The number of rotatable bonds is 7. The minimum atomic E-state index is -3.82. The number of amides is 1. The third-order valence-electron chi connectivity index (χ3n) is 4.92. The van der Waals surface area contributed by atoms with Crippen molar-refractivity contribution in [3.63, 3.8) is 0 Å². The van der Waals surface area contributed by atoms with Gasteiger partial charge < -0.3 is 10.3 Å². The summed E-state index contributed by atoms with van der Waals surface area (Å²) in [6.07, 6.45) is 4.37. The van der Waals surface area contributed by atoms with Gasteiger partial charge in [-0.3, -0.25) is 9.78 Å². The number of imidazole rings is 1. The van der Waals surface area contributed by atoms with Gasteiger partial charge in [0.15, 0.2) is 0 Å². The fourth-order valence-electron chi connectivity index (χ4n) is 3.31. The second-order valence-electron chi connectivity index (χ2n) is 7.04. The highest BCUT2D eigenvalue weighted by molar-refractivity contribution is 7.89. The van der Waals surface area contributed by atoms with Crippen LogP contribution in [0.2, 0.25) is 0 Å². The largest absolute Gasteiger partial charge is 0.345 e. The SMILES string of the molecule is CN(CC(=O)NC(c1ccccc1)c1ccc2nc[nH]c2c1)S(=O)(=O)c1cccnc1. The van der Waals surface area contributed by atoms with Crippen LogP contribution in [0.5, 0.6) is 0 Å². The number of sulfonamides is 1. The average Bonchev–Trinajstić information content (AvgIpc) is 3.26. The number of nitrogens with zero attached hydrogens (tertiary/aromatic N) is 3. The highest BCUT2D eigenvalue weighted by Crippen LogP contribution is 2.24. The number of pyridine rings is 1. The molecule has 0 saturated carbocycles. The lowest BCUT2D eigenvalue weighted by molar-refractivity contribution is -0.121. The van der Waals surface area contributed by atoms with Crippen LogP contribution in [0.1, 0.15) is 17.2 Å². The molecule has 4 aromatic rings. The number of aromatic nitrogens is 3. The molecule has 0 spiro atoms. The number of H-pyrrole nitrogens is 1. The molecule has 1 amide bonds. The van der Waals surface area contributed by atoms with Crippen molar-refractivity contribution in [1.82, 2.24) is 24.6 Å². The van der Waals surface area contributed by atoms with Crippen LogP contribution >= 0.6 is 0 Å². The maximum absolute atomic E-state index is 12.8. The van der Waals surface area contributed by atoms with E-state index in [0.717, 1.165) is 26.5 Å². The van der Waals surface area contributed by atoms with Crippen LogP contribution in [-0.4, -0.2) is 47.2 Å². The van der Waals surface area contributed by atoms with Gasteiger partial charge in [-0.1, -0.05) is 36.4 Å². The highest BCUT2D eigenvalue weighted by Gasteiger charge is 2.25. The molecule has 2 aromatic carbocycles. The first-order valence-corrected chi connectivity index (χ1v) is 11.0. The Hall–Kier alpha value is -3.56. The quantitative estimate of drug-likeness (QED) is 0.464. The first kappa shape index (κ1) is 20.7. The maximum atomic E-state index is 12.8. The Bertz CT molecular complexity index is 1290. The van der Waals surface area contributed by atoms with Crippen molar-refractivity contribution in [3.05, 3.63) is 90.5 Å². The molecule has 2 N–H and O–H groups in total. The number of carbonyl (C=O) groups is 1. The lowest BCUT2D eigenvalue weighted by Crippen LogP contribution is -2.40. The van der Waals surface area contributed by atoms with Crippen LogP contribution in [0.4, 0.5) is 0 Å². The smallest absolute Gasteiger partial charge is 0.244 e. The minimum Gasteiger partial charge on any atom is -0.345 e. The van der Waals surface area contributed by atoms with Gasteiger partial charge in [0.2, 0.25) is 15.9 Å². The molecule has 1 unspecified atom stereocenters. The van der Waals surface area contributed by atoms with Crippen LogP contribution in [0.3, 0.4) is 0 Å².